The fourth-order valence-corrected chi connectivity index (χ4v) is 2.96. The van der Waals surface area contributed by atoms with E-state index in [-0.39, 0.29) is 17.6 Å². The van der Waals surface area contributed by atoms with Crippen molar-refractivity contribution in [2.45, 2.75) is 13.3 Å². The molecule has 0 radical (unpaired) electrons. The van der Waals surface area contributed by atoms with Crippen molar-refractivity contribution in [3.05, 3.63) is 65.2 Å². The van der Waals surface area contributed by atoms with E-state index in [4.69, 9.17) is 0 Å². The third-order valence-corrected chi connectivity index (χ3v) is 4.38. The van der Waals surface area contributed by atoms with Gasteiger partial charge in [-0.05, 0) is 49.2 Å². The summed E-state index contributed by atoms with van der Waals surface area (Å²) >= 11 is 0. The second-order valence-corrected chi connectivity index (χ2v) is 6.14. The second-order valence-electron chi connectivity index (χ2n) is 6.14. The lowest BCUT2D eigenvalue weighted by Crippen LogP contribution is -2.37. The molecule has 0 N–H and O–H groups in total. The molecule has 1 aliphatic heterocycles. The van der Waals surface area contributed by atoms with Gasteiger partial charge in [0.05, 0.1) is 5.56 Å². The molecule has 1 fully saturated rings. The van der Waals surface area contributed by atoms with Gasteiger partial charge in [-0.3, -0.25) is 14.6 Å². The number of carbonyl (C=O) groups excluding carboxylic acids is 2. The van der Waals surface area contributed by atoms with E-state index in [9.17, 15) is 14.0 Å². The van der Waals surface area contributed by atoms with Gasteiger partial charge in [0.1, 0.15) is 5.82 Å². The zero-order valence-corrected chi connectivity index (χ0v) is 14.1. The number of aryl methyl sites for hydroxylation is 1. The average molecular weight is 341 g/mol. The van der Waals surface area contributed by atoms with Gasteiger partial charge >= 0.3 is 0 Å². The predicted octanol–water partition coefficient (Wildman–Crippen LogP) is 2.52. The van der Waals surface area contributed by atoms with E-state index in [0.717, 1.165) is 0 Å². The van der Waals surface area contributed by atoms with Crippen molar-refractivity contribution in [2.75, 3.05) is 26.2 Å². The highest BCUT2D eigenvalue weighted by Crippen LogP contribution is 2.14. The molecule has 0 atom stereocenters. The number of halogens is 1. The molecule has 3 rings (SSSR count). The predicted molar refractivity (Wildman–Crippen MR) is 91.8 cm³/mol. The minimum Gasteiger partial charge on any atom is -0.337 e. The zero-order valence-electron chi connectivity index (χ0n) is 14.1. The molecule has 2 amide bonds. The van der Waals surface area contributed by atoms with Crippen molar-refractivity contribution in [1.29, 1.82) is 0 Å². The van der Waals surface area contributed by atoms with Crippen LogP contribution in [0.4, 0.5) is 4.39 Å². The maximum atomic E-state index is 13.4. The molecule has 130 valence electrons. The third kappa shape index (κ3) is 3.84. The maximum Gasteiger partial charge on any atom is 0.255 e. The van der Waals surface area contributed by atoms with Crippen LogP contribution in [-0.4, -0.2) is 52.8 Å². The summed E-state index contributed by atoms with van der Waals surface area (Å²) in [7, 11) is 0. The molecule has 2 heterocycles. The van der Waals surface area contributed by atoms with Crippen LogP contribution < -0.4 is 0 Å². The molecule has 0 spiro atoms. The highest BCUT2D eigenvalue weighted by molar-refractivity contribution is 5.95. The first-order valence-electron chi connectivity index (χ1n) is 8.31. The van der Waals surface area contributed by atoms with E-state index in [0.29, 0.717) is 49.3 Å². The lowest BCUT2D eigenvalue weighted by atomic mass is 10.1. The highest BCUT2D eigenvalue weighted by Gasteiger charge is 2.23. The molecule has 6 heteroatoms. The van der Waals surface area contributed by atoms with Gasteiger partial charge in [0.25, 0.3) is 11.8 Å². The number of benzene rings is 1. The number of nitrogens with zero attached hydrogens (tertiary/aromatic N) is 3. The monoisotopic (exact) mass is 341 g/mol. The molecule has 1 aliphatic rings. The van der Waals surface area contributed by atoms with Gasteiger partial charge in [0.15, 0.2) is 0 Å². The summed E-state index contributed by atoms with van der Waals surface area (Å²) in [6.45, 7) is 3.75. The first kappa shape index (κ1) is 17.1. The van der Waals surface area contributed by atoms with E-state index < -0.39 is 0 Å². The molecule has 0 aliphatic carbocycles. The van der Waals surface area contributed by atoms with Crippen LogP contribution in [0.15, 0.2) is 42.7 Å². The fourth-order valence-electron chi connectivity index (χ4n) is 2.96. The molecule has 1 saturated heterocycles. The summed E-state index contributed by atoms with van der Waals surface area (Å²) in [6.07, 6.45) is 3.89. The first-order chi connectivity index (χ1) is 12.1. The Morgan fingerprint density at radius 2 is 1.68 bits per heavy atom. The van der Waals surface area contributed by atoms with E-state index in [1.54, 1.807) is 47.3 Å². The van der Waals surface area contributed by atoms with Crippen LogP contribution in [0.5, 0.6) is 0 Å². The van der Waals surface area contributed by atoms with Crippen molar-refractivity contribution in [3.8, 4) is 0 Å². The Kier molecular flexibility index (Phi) is 5.07. The Morgan fingerprint density at radius 3 is 2.28 bits per heavy atom. The van der Waals surface area contributed by atoms with Gasteiger partial charge in [-0.2, -0.15) is 0 Å². The van der Waals surface area contributed by atoms with Crippen molar-refractivity contribution in [1.82, 2.24) is 14.8 Å². The molecule has 2 aromatic rings. The van der Waals surface area contributed by atoms with Crippen molar-refractivity contribution in [2.24, 2.45) is 0 Å². The summed E-state index contributed by atoms with van der Waals surface area (Å²) in [5.41, 5.74) is 1.48. The van der Waals surface area contributed by atoms with Crippen LogP contribution >= 0.6 is 0 Å². The van der Waals surface area contributed by atoms with Crippen LogP contribution in [0.25, 0.3) is 0 Å². The Labute approximate surface area is 146 Å². The number of pyridine rings is 1. The Bertz CT molecular complexity index is 779. The van der Waals surface area contributed by atoms with E-state index in [1.165, 1.54) is 12.1 Å². The SMILES string of the molecule is Cc1cc(C(=O)N2CCCN(C(=O)c3cccnc3)CC2)ccc1F. The van der Waals surface area contributed by atoms with Crippen LogP contribution in [0.3, 0.4) is 0 Å². The molecule has 1 aromatic heterocycles. The summed E-state index contributed by atoms with van der Waals surface area (Å²) < 4.78 is 13.4. The smallest absolute Gasteiger partial charge is 0.255 e. The zero-order chi connectivity index (χ0) is 17.8. The van der Waals surface area contributed by atoms with Gasteiger partial charge in [-0.15, -0.1) is 0 Å². The van der Waals surface area contributed by atoms with Crippen LogP contribution in [0, 0.1) is 12.7 Å². The van der Waals surface area contributed by atoms with Gasteiger partial charge < -0.3 is 9.80 Å². The van der Waals surface area contributed by atoms with Gasteiger partial charge in [-0.1, -0.05) is 0 Å². The third-order valence-electron chi connectivity index (χ3n) is 4.38. The summed E-state index contributed by atoms with van der Waals surface area (Å²) in [6, 6.07) is 7.87. The van der Waals surface area contributed by atoms with E-state index in [1.807, 2.05) is 0 Å². The van der Waals surface area contributed by atoms with Crippen molar-refractivity contribution in [3.63, 3.8) is 0 Å². The van der Waals surface area contributed by atoms with Gasteiger partial charge in [-0.25, -0.2) is 4.39 Å². The summed E-state index contributed by atoms with van der Waals surface area (Å²) in [4.78, 5) is 32.6. The number of carbonyl (C=O) groups is 2. The fraction of sp³-hybridized carbons (Fsp3) is 0.316. The Morgan fingerprint density at radius 1 is 1.00 bits per heavy atom. The number of aromatic nitrogens is 1. The molecule has 5 nitrogen and oxygen atoms in total. The molecular formula is C19H20FN3O2. The quantitative estimate of drug-likeness (QED) is 0.843. The Hall–Kier alpha value is -2.76. The minimum absolute atomic E-state index is 0.0694. The van der Waals surface area contributed by atoms with Gasteiger partial charge in [0, 0.05) is 44.1 Å². The molecule has 0 saturated carbocycles. The van der Waals surface area contributed by atoms with Crippen LogP contribution in [0.2, 0.25) is 0 Å². The molecule has 1 aromatic carbocycles. The first-order valence-corrected chi connectivity index (χ1v) is 8.31. The van der Waals surface area contributed by atoms with E-state index >= 15 is 0 Å². The number of hydrogen-bond donors (Lipinski definition) is 0. The molecule has 0 unspecified atom stereocenters. The molecular weight excluding hydrogens is 321 g/mol. The molecule has 25 heavy (non-hydrogen) atoms. The lowest BCUT2D eigenvalue weighted by molar-refractivity contribution is 0.0718. The van der Waals surface area contributed by atoms with Crippen molar-refractivity contribution >= 4 is 11.8 Å². The Balaban J connectivity index is 1.68. The number of hydrogen-bond acceptors (Lipinski definition) is 3. The highest BCUT2D eigenvalue weighted by atomic mass is 19.1. The average Bonchev–Trinajstić information content (AvgIpc) is 2.89. The molecule has 0 bridgehead atoms. The summed E-state index contributed by atoms with van der Waals surface area (Å²) in [5, 5.41) is 0. The van der Waals surface area contributed by atoms with Crippen molar-refractivity contribution < 1.29 is 14.0 Å². The largest absolute Gasteiger partial charge is 0.337 e. The maximum absolute atomic E-state index is 13.4. The number of amides is 2. The van der Waals surface area contributed by atoms with Crippen LogP contribution in [-0.2, 0) is 0 Å². The standard InChI is InChI=1S/C19H20FN3O2/c1-14-12-15(5-6-17(14)20)18(24)22-8-3-9-23(11-10-22)19(25)16-4-2-7-21-13-16/h2,4-7,12-13H,3,8-11H2,1H3. The van der Waals surface area contributed by atoms with Gasteiger partial charge in [0.2, 0.25) is 0 Å². The normalized spacial score (nSPS) is 15.0. The summed E-state index contributed by atoms with van der Waals surface area (Å²) in [5.74, 6) is -0.514. The van der Waals surface area contributed by atoms with E-state index in [2.05, 4.69) is 4.98 Å². The lowest BCUT2D eigenvalue weighted by Gasteiger charge is -2.22. The minimum atomic E-state index is -0.319. The second kappa shape index (κ2) is 7.42. The topological polar surface area (TPSA) is 53.5 Å². The number of rotatable bonds is 2. The van der Waals surface area contributed by atoms with Crippen LogP contribution in [0.1, 0.15) is 32.7 Å².